The minimum atomic E-state index is 0.489. The highest BCUT2D eigenvalue weighted by atomic mass is 16.5. The highest BCUT2D eigenvalue weighted by Gasteiger charge is 2.32. The molecule has 0 amide bonds. The summed E-state index contributed by atoms with van der Waals surface area (Å²) in [4.78, 5) is 2.30. The Morgan fingerprint density at radius 2 is 2.40 bits per heavy atom. The number of hydrogen-bond donors (Lipinski definition) is 0. The molecule has 2 heteroatoms. The SMILES string of the molecule is C=CN1CC2CCC1CO2. The molecule has 3 saturated heterocycles. The fourth-order valence-corrected chi connectivity index (χ4v) is 1.81. The van der Waals surface area contributed by atoms with Gasteiger partial charge in [0.25, 0.3) is 0 Å². The number of fused-ring (bicyclic) bond motifs is 3. The molecule has 0 radical (unpaired) electrons. The minimum Gasteiger partial charge on any atom is -0.374 e. The summed E-state index contributed by atoms with van der Waals surface area (Å²) >= 11 is 0. The number of rotatable bonds is 1. The van der Waals surface area contributed by atoms with Gasteiger partial charge in [0, 0.05) is 6.54 Å². The van der Waals surface area contributed by atoms with Gasteiger partial charge >= 0.3 is 0 Å². The normalized spacial score (nSPS) is 38.2. The molecule has 2 nitrogen and oxygen atoms in total. The lowest BCUT2D eigenvalue weighted by Gasteiger charge is -2.44. The molecule has 2 unspecified atom stereocenters. The number of nitrogens with zero attached hydrogens (tertiary/aromatic N) is 1. The predicted octanol–water partition coefficient (Wildman–Crippen LogP) is 0.993. The van der Waals surface area contributed by atoms with Crippen molar-refractivity contribution in [1.29, 1.82) is 0 Å². The minimum absolute atomic E-state index is 0.489. The van der Waals surface area contributed by atoms with Crippen LogP contribution in [0, 0.1) is 0 Å². The van der Waals surface area contributed by atoms with Gasteiger partial charge in [-0.3, -0.25) is 0 Å². The molecule has 0 aromatic rings. The third kappa shape index (κ3) is 0.833. The van der Waals surface area contributed by atoms with Crippen LogP contribution in [0.1, 0.15) is 12.8 Å². The van der Waals surface area contributed by atoms with E-state index in [-0.39, 0.29) is 0 Å². The van der Waals surface area contributed by atoms with Crippen LogP contribution >= 0.6 is 0 Å². The van der Waals surface area contributed by atoms with E-state index in [1.54, 1.807) is 0 Å². The second kappa shape index (κ2) is 2.27. The fraction of sp³-hybridized carbons (Fsp3) is 0.750. The van der Waals surface area contributed by atoms with Gasteiger partial charge in [-0.25, -0.2) is 0 Å². The first-order valence-corrected chi connectivity index (χ1v) is 3.90. The van der Waals surface area contributed by atoms with Gasteiger partial charge in [0.15, 0.2) is 0 Å². The van der Waals surface area contributed by atoms with Crippen LogP contribution in [0.3, 0.4) is 0 Å². The van der Waals surface area contributed by atoms with E-state index in [4.69, 9.17) is 4.74 Å². The summed E-state index contributed by atoms with van der Waals surface area (Å²) in [5.41, 5.74) is 0. The molecule has 56 valence electrons. The zero-order chi connectivity index (χ0) is 6.97. The molecule has 10 heavy (non-hydrogen) atoms. The molecule has 0 spiro atoms. The topological polar surface area (TPSA) is 12.5 Å². The number of piperidine rings is 1. The zero-order valence-corrected chi connectivity index (χ0v) is 6.12. The first kappa shape index (κ1) is 6.23. The maximum Gasteiger partial charge on any atom is 0.0751 e. The van der Waals surface area contributed by atoms with E-state index in [9.17, 15) is 0 Å². The molecule has 2 bridgehead atoms. The summed E-state index contributed by atoms with van der Waals surface area (Å²) in [6.07, 6.45) is 4.97. The molecule has 3 rings (SSSR count). The Balaban J connectivity index is 2.07. The standard InChI is InChI=1S/C8H13NO/c1-2-9-5-8-4-3-7(9)6-10-8/h2,7-8H,1,3-6H2. The molecule has 0 saturated carbocycles. The molecule has 3 fully saturated rings. The molecule has 0 N–H and O–H groups in total. The summed E-state index contributed by atoms with van der Waals surface area (Å²) in [5, 5.41) is 0. The van der Waals surface area contributed by atoms with Crippen LogP contribution in [0.4, 0.5) is 0 Å². The van der Waals surface area contributed by atoms with E-state index >= 15 is 0 Å². The van der Waals surface area contributed by atoms with E-state index in [0.29, 0.717) is 12.1 Å². The summed E-state index contributed by atoms with van der Waals surface area (Å²) in [7, 11) is 0. The summed E-state index contributed by atoms with van der Waals surface area (Å²) in [6.45, 7) is 5.75. The molecular weight excluding hydrogens is 126 g/mol. The largest absolute Gasteiger partial charge is 0.374 e. The molecule has 3 heterocycles. The molecule has 3 aliphatic rings. The first-order chi connectivity index (χ1) is 4.90. The molecule has 2 atom stereocenters. The van der Waals surface area contributed by atoms with E-state index in [1.165, 1.54) is 12.8 Å². The van der Waals surface area contributed by atoms with E-state index in [0.717, 1.165) is 13.2 Å². The maximum atomic E-state index is 5.52. The maximum absolute atomic E-state index is 5.52. The highest BCUT2D eigenvalue weighted by Crippen LogP contribution is 2.25. The Labute approximate surface area is 61.5 Å². The summed E-state index contributed by atoms with van der Waals surface area (Å²) in [5.74, 6) is 0. The van der Waals surface area contributed by atoms with Crippen molar-refractivity contribution in [2.45, 2.75) is 25.0 Å². The third-order valence-electron chi connectivity index (χ3n) is 2.46. The highest BCUT2D eigenvalue weighted by molar-refractivity contribution is 4.91. The molecule has 3 aliphatic heterocycles. The van der Waals surface area contributed by atoms with Crippen molar-refractivity contribution in [3.63, 3.8) is 0 Å². The lowest BCUT2D eigenvalue weighted by molar-refractivity contribution is -0.0884. The molecule has 0 aromatic heterocycles. The van der Waals surface area contributed by atoms with Crippen molar-refractivity contribution >= 4 is 0 Å². The number of ether oxygens (including phenoxy) is 1. The van der Waals surface area contributed by atoms with Gasteiger partial charge in [-0.1, -0.05) is 6.58 Å². The fourth-order valence-electron chi connectivity index (χ4n) is 1.81. The van der Waals surface area contributed by atoms with Crippen molar-refractivity contribution in [2.24, 2.45) is 0 Å². The van der Waals surface area contributed by atoms with Crippen LogP contribution in [0.2, 0.25) is 0 Å². The van der Waals surface area contributed by atoms with Gasteiger partial charge in [0.05, 0.1) is 18.8 Å². The Morgan fingerprint density at radius 1 is 1.50 bits per heavy atom. The van der Waals surface area contributed by atoms with Gasteiger partial charge in [0.2, 0.25) is 0 Å². The quantitative estimate of drug-likeness (QED) is 0.537. The number of morpholine rings is 1. The monoisotopic (exact) mass is 139 g/mol. The second-order valence-corrected chi connectivity index (χ2v) is 3.07. The smallest absolute Gasteiger partial charge is 0.0751 e. The Hall–Kier alpha value is -0.500. The average Bonchev–Trinajstić information content (AvgIpc) is 2.06. The van der Waals surface area contributed by atoms with Crippen LogP contribution in [0.5, 0.6) is 0 Å². The molecular formula is C8H13NO. The van der Waals surface area contributed by atoms with Crippen molar-refractivity contribution < 1.29 is 4.74 Å². The van der Waals surface area contributed by atoms with Gasteiger partial charge in [-0.05, 0) is 19.0 Å². The van der Waals surface area contributed by atoms with Crippen molar-refractivity contribution in [1.82, 2.24) is 4.90 Å². The van der Waals surface area contributed by atoms with Crippen LogP contribution in [-0.4, -0.2) is 30.2 Å². The second-order valence-electron chi connectivity index (χ2n) is 3.07. The van der Waals surface area contributed by atoms with E-state index in [2.05, 4.69) is 11.5 Å². The van der Waals surface area contributed by atoms with Crippen LogP contribution < -0.4 is 0 Å². The summed E-state index contributed by atoms with van der Waals surface area (Å²) in [6, 6.07) is 0.627. The molecule has 0 aliphatic carbocycles. The predicted molar refractivity (Wildman–Crippen MR) is 39.7 cm³/mol. The lowest BCUT2D eigenvalue weighted by atomic mass is 9.98. The first-order valence-electron chi connectivity index (χ1n) is 3.90. The third-order valence-corrected chi connectivity index (χ3v) is 2.46. The van der Waals surface area contributed by atoms with Crippen LogP contribution in [0.15, 0.2) is 12.8 Å². The lowest BCUT2D eigenvalue weighted by Crippen LogP contribution is -2.51. The zero-order valence-electron chi connectivity index (χ0n) is 6.12. The molecule has 0 aromatic carbocycles. The van der Waals surface area contributed by atoms with Gasteiger partial charge in [-0.15, -0.1) is 0 Å². The van der Waals surface area contributed by atoms with E-state index < -0.39 is 0 Å². The van der Waals surface area contributed by atoms with Gasteiger partial charge < -0.3 is 9.64 Å². The van der Waals surface area contributed by atoms with Crippen molar-refractivity contribution in [2.75, 3.05) is 13.2 Å². The van der Waals surface area contributed by atoms with Crippen molar-refractivity contribution in [3.8, 4) is 0 Å². The van der Waals surface area contributed by atoms with Crippen molar-refractivity contribution in [3.05, 3.63) is 12.8 Å². The average molecular weight is 139 g/mol. The van der Waals surface area contributed by atoms with Gasteiger partial charge in [0.1, 0.15) is 0 Å². The van der Waals surface area contributed by atoms with Gasteiger partial charge in [-0.2, -0.15) is 0 Å². The number of hydrogen-bond acceptors (Lipinski definition) is 2. The summed E-state index contributed by atoms with van der Waals surface area (Å²) < 4.78 is 5.52. The Morgan fingerprint density at radius 3 is 2.70 bits per heavy atom. The van der Waals surface area contributed by atoms with Crippen LogP contribution in [0.25, 0.3) is 0 Å². The Kier molecular flexibility index (Phi) is 1.42. The van der Waals surface area contributed by atoms with Crippen LogP contribution in [-0.2, 0) is 4.74 Å². The van der Waals surface area contributed by atoms with E-state index in [1.807, 2.05) is 6.20 Å². The Bertz CT molecular complexity index is 138.